The number of rotatable bonds is 6. The Morgan fingerprint density at radius 2 is 1.74 bits per heavy atom. The Balaban J connectivity index is 1.79. The molecule has 1 aromatic heterocycles. The number of benzene rings is 3. The van der Waals surface area contributed by atoms with Gasteiger partial charge >= 0.3 is 0 Å². The number of nitrogen functional groups attached to an aromatic ring is 1. The van der Waals surface area contributed by atoms with Gasteiger partial charge in [-0.25, -0.2) is 22.8 Å². The molecule has 0 bridgehead atoms. The fourth-order valence-electron chi connectivity index (χ4n) is 3.10. The van der Waals surface area contributed by atoms with E-state index in [4.69, 9.17) is 10.5 Å². The third-order valence-electron chi connectivity index (χ3n) is 4.56. The molecule has 0 saturated carbocycles. The molecule has 0 saturated heterocycles. The molecule has 9 heteroatoms. The minimum Gasteiger partial charge on any atom is -0.497 e. The maximum Gasteiger partial charge on any atom is 0.184 e. The lowest BCUT2D eigenvalue weighted by Crippen LogP contribution is -2.11. The van der Waals surface area contributed by atoms with Gasteiger partial charge in [-0.3, -0.25) is 0 Å². The van der Waals surface area contributed by atoms with Crippen molar-refractivity contribution < 1.29 is 17.5 Å². The molecule has 0 atom stereocenters. The average Bonchev–Trinajstić information content (AvgIpc) is 2.73. The summed E-state index contributed by atoms with van der Waals surface area (Å²) in [5.74, 6) is -0.406. The number of hydrogen-bond acceptors (Lipinski definition) is 7. The van der Waals surface area contributed by atoms with Crippen molar-refractivity contribution in [2.45, 2.75) is 10.6 Å². The highest BCUT2D eigenvalue weighted by molar-refractivity contribution is 7.90. The predicted molar refractivity (Wildman–Crippen MR) is 118 cm³/mol. The van der Waals surface area contributed by atoms with Crippen LogP contribution in [0, 0.1) is 5.82 Å². The maximum atomic E-state index is 13.9. The second-order valence-electron chi connectivity index (χ2n) is 6.84. The van der Waals surface area contributed by atoms with Crippen LogP contribution in [0.15, 0.2) is 71.6 Å². The molecule has 0 aliphatic heterocycles. The van der Waals surface area contributed by atoms with Crippen LogP contribution in [-0.4, -0.2) is 25.5 Å². The summed E-state index contributed by atoms with van der Waals surface area (Å²) in [6.45, 7) is 0. The van der Waals surface area contributed by atoms with Gasteiger partial charge in [0.15, 0.2) is 15.7 Å². The summed E-state index contributed by atoms with van der Waals surface area (Å²) in [4.78, 5) is 9.12. The molecule has 0 aliphatic carbocycles. The number of nitrogens with two attached hydrogens (primary N) is 1. The van der Waals surface area contributed by atoms with Gasteiger partial charge in [-0.05, 0) is 36.4 Å². The molecule has 0 amide bonds. The second-order valence-corrected chi connectivity index (χ2v) is 8.83. The summed E-state index contributed by atoms with van der Waals surface area (Å²) in [7, 11) is -2.33. The highest BCUT2D eigenvalue weighted by Crippen LogP contribution is 2.28. The van der Waals surface area contributed by atoms with E-state index in [1.54, 1.807) is 42.5 Å². The average molecular weight is 438 g/mol. The Morgan fingerprint density at radius 3 is 2.45 bits per heavy atom. The van der Waals surface area contributed by atoms with E-state index in [2.05, 4.69) is 15.3 Å². The number of fused-ring (bicyclic) bond motifs is 1. The van der Waals surface area contributed by atoms with Crippen LogP contribution >= 0.6 is 0 Å². The van der Waals surface area contributed by atoms with Gasteiger partial charge in [-0.15, -0.1) is 0 Å². The molecule has 31 heavy (non-hydrogen) atoms. The van der Waals surface area contributed by atoms with E-state index < -0.39 is 21.4 Å². The van der Waals surface area contributed by atoms with Crippen molar-refractivity contribution in [2.24, 2.45) is 0 Å². The van der Waals surface area contributed by atoms with E-state index in [1.165, 1.54) is 31.4 Å². The zero-order valence-electron chi connectivity index (χ0n) is 16.5. The van der Waals surface area contributed by atoms with E-state index in [0.29, 0.717) is 28.2 Å². The molecule has 158 valence electrons. The highest BCUT2D eigenvalue weighted by Gasteiger charge is 2.21. The molecule has 3 aromatic carbocycles. The van der Waals surface area contributed by atoms with Gasteiger partial charge in [0.2, 0.25) is 0 Å². The van der Waals surface area contributed by atoms with E-state index in [0.717, 1.165) is 0 Å². The molecule has 7 nitrogen and oxygen atoms in total. The summed E-state index contributed by atoms with van der Waals surface area (Å²) in [5.41, 5.74) is 7.75. The second kappa shape index (κ2) is 8.19. The first-order valence-corrected chi connectivity index (χ1v) is 10.9. The van der Waals surface area contributed by atoms with Crippen molar-refractivity contribution in [1.82, 2.24) is 9.97 Å². The van der Waals surface area contributed by atoms with Crippen molar-refractivity contribution in [1.29, 1.82) is 0 Å². The van der Waals surface area contributed by atoms with Gasteiger partial charge in [0.1, 0.15) is 17.3 Å². The van der Waals surface area contributed by atoms with Crippen LogP contribution in [0.1, 0.15) is 5.69 Å². The van der Waals surface area contributed by atoms with E-state index in [9.17, 15) is 12.8 Å². The lowest BCUT2D eigenvalue weighted by Gasteiger charge is -2.13. The summed E-state index contributed by atoms with van der Waals surface area (Å²) in [6.07, 6.45) is 0. The van der Waals surface area contributed by atoms with Crippen LogP contribution in [0.3, 0.4) is 0 Å². The molecule has 0 spiro atoms. The molecule has 1 heterocycles. The largest absolute Gasteiger partial charge is 0.497 e. The Bertz CT molecular complexity index is 1380. The van der Waals surface area contributed by atoms with E-state index >= 15 is 0 Å². The topological polar surface area (TPSA) is 107 Å². The first kappa shape index (κ1) is 20.5. The lowest BCUT2D eigenvalue weighted by molar-refractivity contribution is 0.411. The van der Waals surface area contributed by atoms with Crippen LogP contribution in [-0.2, 0) is 15.6 Å². The van der Waals surface area contributed by atoms with Gasteiger partial charge in [-0.2, -0.15) is 0 Å². The number of aromatic nitrogens is 2. The number of anilines is 3. The zero-order valence-corrected chi connectivity index (χ0v) is 17.4. The van der Waals surface area contributed by atoms with Crippen molar-refractivity contribution in [3.8, 4) is 5.75 Å². The number of halogens is 1. The summed E-state index contributed by atoms with van der Waals surface area (Å²) >= 11 is 0. The Kier molecular flexibility index (Phi) is 5.43. The maximum absolute atomic E-state index is 13.9. The minimum absolute atomic E-state index is 0.0841. The predicted octanol–water partition coefficient (Wildman–Crippen LogP) is 4.08. The third-order valence-corrected chi connectivity index (χ3v) is 6.18. The van der Waals surface area contributed by atoms with Gasteiger partial charge in [-0.1, -0.05) is 18.2 Å². The Morgan fingerprint density at radius 1 is 1.00 bits per heavy atom. The van der Waals surface area contributed by atoms with Crippen molar-refractivity contribution in [2.75, 3.05) is 18.2 Å². The lowest BCUT2D eigenvalue weighted by atomic mass is 10.2. The number of hydrogen-bond donors (Lipinski definition) is 2. The van der Waals surface area contributed by atoms with E-state index in [1.807, 2.05) is 0 Å². The smallest absolute Gasteiger partial charge is 0.184 e. The summed E-state index contributed by atoms with van der Waals surface area (Å²) in [6, 6.07) is 17.2. The third kappa shape index (κ3) is 4.56. The normalized spacial score (nSPS) is 11.4. The SMILES string of the molecule is COc1cc(F)cc(Nc2nc3ccccc3nc2CS(=O)(=O)c2cccc(N)c2)c1. The van der Waals surface area contributed by atoms with Gasteiger partial charge in [0, 0.05) is 23.5 Å². The van der Waals surface area contributed by atoms with Crippen LogP contribution in [0.4, 0.5) is 21.6 Å². The summed E-state index contributed by atoms with van der Waals surface area (Å²) < 4.78 is 45.1. The fraction of sp³-hybridized carbons (Fsp3) is 0.0909. The van der Waals surface area contributed by atoms with Crippen LogP contribution in [0.5, 0.6) is 5.75 Å². The van der Waals surface area contributed by atoms with E-state index in [-0.39, 0.29) is 16.4 Å². The molecule has 0 radical (unpaired) electrons. The molecule has 0 fully saturated rings. The number of sulfone groups is 1. The monoisotopic (exact) mass is 438 g/mol. The van der Waals surface area contributed by atoms with Crippen LogP contribution in [0.2, 0.25) is 0 Å². The molecular weight excluding hydrogens is 419 g/mol. The van der Waals surface area contributed by atoms with Crippen molar-refractivity contribution >= 4 is 38.1 Å². The molecule has 4 aromatic rings. The number of para-hydroxylation sites is 2. The van der Waals surface area contributed by atoms with Crippen LogP contribution in [0.25, 0.3) is 11.0 Å². The number of nitrogens with one attached hydrogen (secondary N) is 1. The molecular formula is C22H19FN4O3S. The van der Waals surface area contributed by atoms with Gasteiger partial charge in [0.25, 0.3) is 0 Å². The standard InChI is InChI=1S/C22H19FN4O3S/c1-30-17-10-14(23)9-16(12-17)25-22-21(26-19-7-2-3-8-20(19)27-22)13-31(28,29)18-6-4-5-15(24)11-18/h2-12H,13,24H2,1H3,(H,25,27). The number of nitrogens with zero attached hydrogens (tertiary/aromatic N) is 2. The fourth-order valence-corrected chi connectivity index (χ4v) is 4.43. The highest BCUT2D eigenvalue weighted by atomic mass is 32.2. The first-order valence-electron chi connectivity index (χ1n) is 9.29. The molecule has 3 N–H and O–H groups in total. The molecule has 0 aliphatic rings. The Labute approximate surface area is 178 Å². The molecule has 0 unspecified atom stereocenters. The van der Waals surface area contributed by atoms with Crippen molar-refractivity contribution in [3.05, 3.63) is 78.2 Å². The first-order chi connectivity index (χ1) is 14.8. The van der Waals surface area contributed by atoms with Gasteiger partial charge in [0.05, 0.1) is 28.7 Å². The van der Waals surface area contributed by atoms with Crippen molar-refractivity contribution in [3.63, 3.8) is 0 Å². The number of methoxy groups -OCH3 is 1. The van der Waals surface area contributed by atoms with Gasteiger partial charge < -0.3 is 15.8 Å². The Hall–Kier alpha value is -3.72. The zero-order chi connectivity index (χ0) is 22.0. The minimum atomic E-state index is -3.76. The molecule has 4 rings (SSSR count). The summed E-state index contributed by atoms with van der Waals surface area (Å²) in [5, 5.41) is 2.98. The van der Waals surface area contributed by atoms with Crippen LogP contribution < -0.4 is 15.8 Å². The quantitative estimate of drug-likeness (QED) is 0.437. The number of ether oxygens (including phenoxy) is 1.